The molecule has 0 saturated carbocycles. The summed E-state index contributed by atoms with van der Waals surface area (Å²) in [6, 6.07) is 34.7. The molecule has 35 heavy (non-hydrogen) atoms. The van der Waals surface area contributed by atoms with E-state index in [-0.39, 0.29) is 0 Å². The van der Waals surface area contributed by atoms with Crippen LogP contribution in [0, 0.1) is 6.92 Å². The largest absolute Gasteiger partial charge is 0.488 e. The minimum absolute atomic E-state index is 0.556. The SMILES string of the molecule is Cc1cccc(N2CCCCC2)c1Pc1cccc(Cc2ccccc2)c1OCc1ccccc1. The molecule has 1 aliphatic heterocycles. The van der Waals surface area contributed by atoms with Crippen molar-refractivity contribution in [3.63, 3.8) is 0 Å². The second kappa shape index (κ2) is 11.6. The van der Waals surface area contributed by atoms with E-state index in [0.717, 1.165) is 25.3 Å². The Morgan fingerprint density at radius 1 is 0.714 bits per heavy atom. The van der Waals surface area contributed by atoms with E-state index in [1.165, 1.54) is 57.8 Å². The van der Waals surface area contributed by atoms with Gasteiger partial charge < -0.3 is 9.64 Å². The first-order chi connectivity index (χ1) is 17.3. The first-order valence-electron chi connectivity index (χ1n) is 12.7. The molecule has 4 aromatic rings. The van der Waals surface area contributed by atoms with Crippen LogP contribution in [0.1, 0.15) is 41.5 Å². The van der Waals surface area contributed by atoms with Gasteiger partial charge in [-0.3, -0.25) is 0 Å². The summed E-state index contributed by atoms with van der Waals surface area (Å²) >= 11 is 0. The van der Waals surface area contributed by atoms with Crippen molar-refractivity contribution in [3.05, 3.63) is 119 Å². The summed E-state index contributed by atoms with van der Waals surface area (Å²) in [5.74, 6) is 1.05. The van der Waals surface area contributed by atoms with Crippen LogP contribution >= 0.6 is 8.58 Å². The van der Waals surface area contributed by atoms with E-state index in [4.69, 9.17) is 4.74 Å². The minimum Gasteiger partial charge on any atom is -0.488 e. The number of hydrogen-bond donors (Lipinski definition) is 0. The van der Waals surface area contributed by atoms with Crippen molar-refractivity contribution in [2.45, 2.75) is 39.2 Å². The van der Waals surface area contributed by atoms with Gasteiger partial charge in [-0.25, -0.2) is 0 Å². The molecule has 0 aromatic heterocycles. The van der Waals surface area contributed by atoms with Gasteiger partial charge in [0.05, 0.1) is 0 Å². The van der Waals surface area contributed by atoms with Gasteiger partial charge in [-0.1, -0.05) is 99.6 Å². The van der Waals surface area contributed by atoms with Crippen LogP contribution in [0.3, 0.4) is 0 Å². The lowest BCUT2D eigenvalue weighted by molar-refractivity contribution is 0.306. The van der Waals surface area contributed by atoms with Crippen LogP contribution in [0.4, 0.5) is 5.69 Å². The monoisotopic (exact) mass is 479 g/mol. The second-order valence-corrected chi connectivity index (χ2v) is 10.7. The molecule has 0 bridgehead atoms. The van der Waals surface area contributed by atoms with E-state index in [0.29, 0.717) is 15.2 Å². The zero-order valence-corrected chi connectivity index (χ0v) is 21.5. The van der Waals surface area contributed by atoms with Gasteiger partial charge in [-0.05, 0) is 54.5 Å². The first-order valence-corrected chi connectivity index (χ1v) is 13.7. The maximum absolute atomic E-state index is 6.62. The van der Waals surface area contributed by atoms with Crippen molar-refractivity contribution in [2.75, 3.05) is 18.0 Å². The van der Waals surface area contributed by atoms with Crippen LogP contribution in [-0.2, 0) is 13.0 Å². The lowest BCUT2D eigenvalue weighted by atomic mass is 10.0. The Labute approximate surface area is 211 Å². The summed E-state index contributed by atoms with van der Waals surface area (Å²) in [6.45, 7) is 5.16. The van der Waals surface area contributed by atoms with E-state index in [1.54, 1.807) is 0 Å². The Bertz CT molecular complexity index is 1230. The third-order valence-corrected chi connectivity index (χ3v) is 8.33. The number of nitrogens with zero attached hydrogens (tertiary/aromatic N) is 1. The highest BCUT2D eigenvalue weighted by molar-refractivity contribution is 7.56. The van der Waals surface area contributed by atoms with Crippen LogP contribution in [0.5, 0.6) is 5.75 Å². The molecular weight excluding hydrogens is 445 g/mol. The van der Waals surface area contributed by atoms with Crippen LogP contribution in [0.25, 0.3) is 0 Å². The van der Waals surface area contributed by atoms with Gasteiger partial charge in [0, 0.05) is 35.8 Å². The Kier molecular flexibility index (Phi) is 7.81. The number of para-hydroxylation sites is 1. The molecule has 0 N–H and O–H groups in total. The van der Waals surface area contributed by atoms with E-state index in [1.807, 2.05) is 0 Å². The van der Waals surface area contributed by atoms with Gasteiger partial charge in [-0.2, -0.15) is 0 Å². The second-order valence-electron chi connectivity index (χ2n) is 9.37. The molecule has 0 amide bonds. The molecule has 0 radical (unpaired) electrons. The molecule has 5 rings (SSSR count). The molecule has 1 fully saturated rings. The fraction of sp³-hybridized carbons (Fsp3) is 0.250. The first kappa shape index (κ1) is 23.6. The van der Waals surface area contributed by atoms with Crippen LogP contribution in [-0.4, -0.2) is 13.1 Å². The number of rotatable bonds is 8. The van der Waals surface area contributed by atoms with Gasteiger partial charge in [0.1, 0.15) is 12.4 Å². The smallest absolute Gasteiger partial charge is 0.131 e. The van der Waals surface area contributed by atoms with Gasteiger partial charge >= 0.3 is 0 Å². The van der Waals surface area contributed by atoms with Crippen LogP contribution < -0.4 is 20.2 Å². The average Bonchev–Trinajstić information content (AvgIpc) is 2.91. The standard InChI is InChI=1S/C32H34NOP/c1-25-13-11-19-29(33-21-9-4-10-22-33)32(25)35-30-20-12-18-28(23-26-14-5-2-6-15-26)31(30)34-24-27-16-7-3-8-17-27/h2-3,5-8,11-20,35H,4,9-10,21-24H2,1H3. The molecule has 1 saturated heterocycles. The molecule has 3 heteroatoms. The highest BCUT2D eigenvalue weighted by Crippen LogP contribution is 2.31. The quantitative estimate of drug-likeness (QED) is 0.258. The molecular formula is C32H34NOP. The number of aryl methyl sites for hydroxylation is 1. The van der Waals surface area contributed by atoms with E-state index in [9.17, 15) is 0 Å². The van der Waals surface area contributed by atoms with Crippen molar-refractivity contribution < 1.29 is 4.74 Å². The molecule has 4 aromatic carbocycles. The van der Waals surface area contributed by atoms with E-state index in [2.05, 4.69) is 109 Å². The summed E-state index contributed by atoms with van der Waals surface area (Å²) in [6.07, 6.45) is 4.79. The predicted molar refractivity (Wildman–Crippen MR) is 151 cm³/mol. The molecule has 1 heterocycles. The molecule has 178 valence electrons. The van der Waals surface area contributed by atoms with Crippen molar-refractivity contribution in [3.8, 4) is 5.75 Å². The summed E-state index contributed by atoms with van der Waals surface area (Å²) in [5.41, 5.74) is 6.54. The van der Waals surface area contributed by atoms with Crippen molar-refractivity contribution >= 4 is 24.9 Å². The van der Waals surface area contributed by atoms with Gasteiger partial charge in [0.25, 0.3) is 0 Å². The number of hydrogen-bond acceptors (Lipinski definition) is 2. The summed E-state index contributed by atoms with van der Waals surface area (Å²) < 4.78 is 6.62. The maximum Gasteiger partial charge on any atom is 0.131 e. The normalized spacial score (nSPS) is 13.9. The Balaban J connectivity index is 1.50. The molecule has 2 nitrogen and oxygen atoms in total. The fourth-order valence-electron chi connectivity index (χ4n) is 4.89. The van der Waals surface area contributed by atoms with Gasteiger partial charge in [-0.15, -0.1) is 0 Å². The minimum atomic E-state index is 0.556. The predicted octanol–water partition coefficient (Wildman–Crippen LogP) is 6.78. The zero-order chi connectivity index (χ0) is 23.9. The number of benzene rings is 4. The third-order valence-electron chi connectivity index (χ3n) is 6.77. The lowest BCUT2D eigenvalue weighted by Crippen LogP contribution is -2.33. The van der Waals surface area contributed by atoms with Crippen molar-refractivity contribution in [1.82, 2.24) is 0 Å². The van der Waals surface area contributed by atoms with Crippen molar-refractivity contribution in [1.29, 1.82) is 0 Å². The molecule has 0 aliphatic carbocycles. The number of anilines is 1. The summed E-state index contributed by atoms with van der Waals surface area (Å²) in [4.78, 5) is 2.59. The molecule has 1 atom stereocenters. The Hall–Kier alpha value is -3.09. The van der Waals surface area contributed by atoms with E-state index >= 15 is 0 Å². The van der Waals surface area contributed by atoms with Gasteiger partial charge in [0.2, 0.25) is 0 Å². The summed E-state index contributed by atoms with van der Waals surface area (Å²) in [7, 11) is 0.556. The number of ether oxygens (including phenoxy) is 1. The fourth-order valence-corrected chi connectivity index (χ4v) is 6.33. The third kappa shape index (κ3) is 5.95. The van der Waals surface area contributed by atoms with Gasteiger partial charge in [0.15, 0.2) is 0 Å². The molecule has 1 aliphatic rings. The lowest BCUT2D eigenvalue weighted by Gasteiger charge is -2.31. The molecule has 1 unspecified atom stereocenters. The topological polar surface area (TPSA) is 12.5 Å². The maximum atomic E-state index is 6.62. The Morgan fingerprint density at radius 3 is 2.14 bits per heavy atom. The highest BCUT2D eigenvalue weighted by atomic mass is 31.1. The van der Waals surface area contributed by atoms with E-state index < -0.39 is 0 Å². The Morgan fingerprint density at radius 2 is 1.40 bits per heavy atom. The summed E-state index contributed by atoms with van der Waals surface area (Å²) in [5, 5.41) is 2.75. The van der Waals surface area contributed by atoms with Crippen molar-refractivity contribution in [2.24, 2.45) is 0 Å². The average molecular weight is 480 g/mol. The zero-order valence-electron chi connectivity index (χ0n) is 20.5. The highest BCUT2D eigenvalue weighted by Gasteiger charge is 2.19. The van der Waals surface area contributed by atoms with Crippen LogP contribution in [0.2, 0.25) is 0 Å². The van der Waals surface area contributed by atoms with Crippen LogP contribution in [0.15, 0.2) is 97.1 Å². The molecule has 0 spiro atoms. The number of piperidine rings is 1.